The van der Waals surface area contributed by atoms with Gasteiger partial charge in [0.05, 0.1) is 10.2 Å². The maximum Gasteiger partial charge on any atom is 0.160 e. The molecular weight excluding hydrogens is 232 g/mol. The third kappa shape index (κ3) is 1.81. The molecule has 1 fully saturated rings. The van der Waals surface area contributed by atoms with Gasteiger partial charge >= 0.3 is 0 Å². The topological polar surface area (TPSA) is 63.8 Å². The van der Waals surface area contributed by atoms with Crippen molar-refractivity contribution in [3.05, 3.63) is 16.2 Å². The smallest absolute Gasteiger partial charge is 0.160 e. The molecule has 1 unspecified atom stereocenters. The van der Waals surface area contributed by atoms with Crippen LogP contribution in [-0.4, -0.2) is 23.3 Å². The van der Waals surface area contributed by atoms with Crippen LogP contribution in [-0.2, 0) is 0 Å². The first kappa shape index (κ1) is 8.90. The Morgan fingerprint density at radius 1 is 1.54 bits per heavy atom. The van der Waals surface area contributed by atoms with Crippen molar-refractivity contribution in [3.8, 4) is 0 Å². The van der Waals surface area contributed by atoms with Crippen molar-refractivity contribution in [1.82, 2.24) is 15.5 Å². The standard InChI is InChI=1S/C8H11BrN4/c9-6-3-7(12-13-8(6)10)5-1-2-11-4-5/h3,5,11H,1-2,4H2,(H2,10,13). The molecule has 13 heavy (non-hydrogen) atoms. The highest BCUT2D eigenvalue weighted by Gasteiger charge is 2.18. The van der Waals surface area contributed by atoms with Crippen molar-refractivity contribution in [3.63, 3.8) is 0 Å². The lowest BCUT2D eigenvalue weighted by atomic mass is 10.1. The first-order valence-corrected chi connectivity index (χ1v) is 5.06. The van der Waals surface area contributed by atoms with Gasteiger partial charge in [0, 0.05) is 12.5 Å². The molecule has 0 saturated carbocycles. The van der Waals surface area contributed by atoms with Gasteiger partial charge in [-0.05, 0) is 35.0 Å². The molecule has 0 amide bonds. The van der Waals surface area contributed by atoms with Crippen LogP contribution in [0.3, 0.4) is 0 Å². The summed E-state index contributed by atoms with van der Waals surface area (Å²) in [5.41, 5.74) is 6.57. The van der Waals surface area contributed by atoms with E-state index in [9.17, 15) is 0 Å². The summed E-state index contributed by atoms with van der Waals surface area (Å²) in [6.45, 7) is 2.05. The minimum absolute atomic E-state index is 0.453. The van der Waals surface area contributed by atoms with Crippen LogP contribution in [0, 0.1) is 0 Å². The van der Waals surface area contributed by atoms with Crippen molar-refractivity contribution >= 4 is 21.7 Å². The SMILES string of the molecule is Nc1nnc(C2CCNC2)cc1Br. The Hall–Kier alpha value is -0.680. The fourth-order valence-corrected chi connectivity index (χ4v) is 1.81. The lowest BCUT2D eigenvalue weighted by Crippen LogP contribution is -2.10. The molecule has 1 saturated heterocycles. The molecule has 5 heteroatoms. The number of aromatic nitrogens is 2. The van der Waals surface area contributed by atoms with Crippen LogP contribution in [0.15, 0.2) is 10.5 Å². The molecule has 0 spiro atoms. The monoisotopic (exact) mass is 242 g/mol. The third-order valence-corrected chi connectivity index (χ3v) is 2.91. The quantitative estimate of drug-likeness (QED) is 0.769. The van der Waals surface area contributed by atoms with Crippen molar-refractivity contribution in [2.45, 2.75) is 12.3 Å². The van der Waals surface area contributed by atoms with Gasteiger partial charge in [-0.3, -0.25) is 0 Å². The Bertz CT molecular complexity index is 309. The van der Waals surface area contributed by atoms with Gasteiger partial charge in [-0.2, -0.15) is 5.10 Å². The van der Waals surface area contributed by atoms with Crippen molar-refractivity contribution < 1.29 is 0 Å². The number of nitrogen functional groups attached to an aromatic ring is 1. The average molecular weight is 243 g/mol. The molecular formula is C8H11BrN4. The van der Waals surface area contributed by atoms with Gasteiger partial charge in [-0.25, -0.2) is 0 Å². The fourth-order valence-electron chi connectivity index (χ4n) is 1.50. The fraction of sp³-hybridized carbons (Fsp3) is 0.500. The third-order valence-electron chi connectivity index (χ3n) is 2.27. The Morgan fingerprint density at radius 2 is 2.38 bits per heavy atom. The second kappa shape index (κ2) is 3.59. The minimum Gasteiger partial charge on any atom is -0.381 e. The largest absolute Gasteiger partial charge is 0.381 e. The maximum absolute atomic E-state index is 5.55. The number of anilines is 1. The molecule has 0 bridgehead atoms. The predicted octanol–water partition coefficient (Wildman–Crippen LogP) is 0.898. The number of hydrogen-bond acceptors (Lipinski definition) is 4. The Morgan fingerprint density at radius 3 is 3.00 bits per heavy atom. The van der Waals surface area contributed by atoms with E-state index in [-0.39, 0.29) is 0 Å². The number of nitrogens with zero attached hydrogens (tertiary/aromatic N) is 2. The molecule has 2 heterocycles. The molecule has 1 aromatic rings. The minimum atomic E-state index is 0.453. The van der Waals surface area contributed by atoms with Crippen LogP contribution in [0.4, 0.5) is 5.82 Å². The Labute approximate surface area is 85.1 Å². The number of halogens is 1. The lowest BCUT2D eigenvalue weighted by Gasteiger charge is -2.07. The van der Waals surface area contributed by atoms with Gasteiger partial charge in [0.15, 0.2) is 5.82 Å². The normalized spacial score (nSPS) is 22.1. The zero-order valence-electron chi connectivity index (χ0n) is 7.13. The zero-order valence-corrected chi connectivity index (χ0v) is 8.71. The summed E-state index contributed by atoms with van der Waals surface area (Å²) >= 11 is 3.35. The first-order chi connectivity index (χ1) is 6.27. The van der Waals surface area contributed by atoms with Crippen molar-refractivity contribution in [2.75, 3.05) is 18.8 Å². The maximum atomic E-state index is 5.55. The lowest BCUT2D eigenvalue weighted by molar-refractivity contribution is 0.714. The molecule has 0 aliphatic carbocycles. The highest BCUT2D eigenvalue weighted by molar-refractivity contribution is 9.10. The van der Waals surface area contributed by atoms with E-state index in [4.69, 9.17) is 5.73 Å². The molecule has 2 rings (SSSR count). The van der Waals surface area contributed by atoms with Crippen LogP contribution < -0.4 is 11.1 Å². The summed E-state index contributed by atoms with van der Waals surface area (Å²) in [5.74, 6) is 0.944. The second-order valence-corrected chi connectivity index (χ2v) is 4.05. The van der Waals surface area contributed by atoms with Gasteiger partial charge in [0.2, 0.25) is 0 Å². The van der Waals surface area contributed by atoms with Gasteiger partial charge < -0.3 is 11.1 Å². The highest BCUT2D eigenvalue weighted by atomic mass is 79.9. The van der Waals surface area contributed by atoms with Crippen LogP contribution in [0.1, 0.15) is 18.0 Å². The Balaban J connectivity index is 2.25. The van der Waals surface area contributed by atoms with Crippen LogP contribution in [0.5, 0.6) is 0 Å². The molecule has 0 radical (unpaired) electrons. The van der Waals surface area contributed by atoms with Crippen LogP contribution in [0.25, 0.3) is 0 Å². The predicted molar refractivity (Wildman–Crippen MR) is 54.4 cm³/mol. The first-order valence-electron chi connectivity index (χ1n) is 4.26. The van der Waals surface area contributed by atoms with E-state index in [1.807, 2.05) is 6.07 Å². The van der Waals surface area contributed by atoms with Gasteiger partial charge in [-0.1, -0.05) is 0 Å². The molecule has 0 aromatic carbocycles. The Kier molecular flexibility index (Phi) is 2.46. The van der Waals surface area contributed by atoms with E-state index in [0.29, 0.717) is 11.7 Å². The van der Waals surface area contributed by atoms with Crippen molar-refractivity contribution in [2.24, 2.45) is 0 Å². The summed E-state index contributed by atoms with van der Waals surface area (Å²) in [6.07, 6.45) is 1.13. The van der Waals surface area contributed by atoms with Crippen LogP contribution in [0.2, 0.25) is 0 Å². The number of nitrogens with two attached hydrogens (primary N) is 1. The molecule has 4 nitrogen and oxygen atoms in total. The molecule has 3 N–H and O–H groups in total. The van der Waals surface area contributed by atoms with Gasteiger partial charge in [0.25, 0.3) is 0 Å². The average Bonchev–Trinajstić information content (AvgIpc) is 2.62. The number of hydrogen-bond donors (Lipinski definition) is 2. The number of rotatable bonds is 1. The molecule has 70 valence electrons. The summed E-state index contributed by atoms with van der Waals surface area (Å²) in [7, 11) is 0. The van der Waals surface area contributed by atoms with E-state index in [0.717, 1.165) is 29.7 Å². The molecule has 1 aliphatic rings. The summed E-state index contributed by atoms with van der Waals surface area (Å²) in [5, 5.41) is 11.2. The second-order valence-electron chi connectivity index (χ2n) is 3.19. The van der Waals surface area contributed by atoms with E-state index in [1.165, 1.54) is 0 Å². The van der Waals surface area contributed by atoms with Gasteiger partial charge in [-0.15, -0.1) is 5.10 Å². The van der Waals surface area contributed by atoms with Gasteiger partial charge in [0.1, 0.15) is 0 Å². The molecule has 1 aromatic heterocycles. The molecule has 1 aliphatic heterocycles. The number of nitrogens with one attached hydrogen (secondary N) is 1. The van der Waals surface area contributed by atoms with Crippen molar-refractivity contribution in [1.29, 1.82) is 0 Å². The highest BCUT2D eigenvalue weighted by Crippen LogP contribution is 2.24. The van der Waals surface area contributed by atoms with E-state index in [2.05, 4.69) is 31.4 Å². The summed E-state index contributed by atoms with van der Waals surface area (Å²) < 4.78 is 0.837. The zero-order chi connectivity index (χ0) is 9.26. The van der Waals surface area contributed by atoms with E-state index >= 15 is 0 Å². The van der Waals surface area contributed by atoms with Crippen LogP contribution >= 0.6 is 15.9 Å². The van der Waals surface area contributed by atoms with E-state index < -0.39 is 0 Å². The summed E-state index contributed by atoms with van der Waals surface area (Å²) in [6, 6.07) is 1.96. The van der Waals surface area contributed by atoms with E-state index in [1.54, 1.807) is 0 Å². The summed E-state index contributed by atoms with van der Waals surface area (Å²) in [4.78, 5) is 0. The molecule has 1 atom stereocenters.